The van der Waals surface area contributed by atoms with E-state index in [1.165, 1.54) is 58.0 Å². The van der Waals surface area contributed by atoms with E-state index in [2.05, 4.69) is 51.9 Å². The molecular weight excluding hydrogens is 256 g/mol. The molecule has 126 valence electrons. The van der Waals surface area contributed by atoms with Crippen LogP contribution in [0.15, 0.2) is 0 Å². The topological polar surface area (TPSA) is 15.3 Å². The number of nitrogens with one attached hydrogen (secondary N) is 1. The predicted octanol–water partition coefficient (Wildman–Crippen LogP) is 4.69. The van der Waals surface area contributed by atoms with Crippen LogP contribution in [-0.2, 0) is 0 Å². The van der Waals surface area contributed by atoms with Crippen LogP contribution in [0.2, 0.25) is 0 Å². The molecule has 1 fully saturated rings. The van der Waals surface area contributed by atoms with Gasteiger partial charge in [0.15, 0.2) is 0 Å². The molecule has 21 heavy (non-hydrogen) atoms. The minimum absolute atomic E-state index is 0.317. The number of rotatable bonds is 8. The Bertz CT molecular complexity index is 275. The van der Waals surface area contributed by atoms with Crippen molar-refractivity contribution in [1.82, 2.24) is 10.2 Å². The molecule has 0 unspecified atom stereocenters. The molecule has 0 amide bonds. The van der Waals surface area contributed by atoms with Gasteiger partial charge in [-0.05, 0) is 58.0 Å². The van der Waals surface area contributed by atoms with Gasteiger partial charge in [-0.2, -0.15) is 0 Å². The average molecular weight is 297 g/mol. The Balaban J connectivity index is 2.70. The summed E-state index contributed by atoms with van der Waals surface area (Å²) in [6.07, 6.45) is 9.75. The van der Waals surface area contributed by atoms with Gasteiger partial charge in [-0.25, -0.2) is 0 Å². The van der Waals surface area contributed by atoms with Gasteiger partial charge in [-0.1, -0.05) is 46.5 Å². The van der Waals surface area contributed by atoms with Gasteiger partial charge < -0.3 is 10.2 Å². The molecule has 0 radical (unpaired) electrons. The Morgan fingerprint density at radius 1 is 1.10 bits per heavy atom. The summed E-state index contributed by atoms with van der Waals surface area (Å²) < 4.78 is 0. The third kappa shape index (κ3) is 6.28. The minimum Gasteiger partial charge on any atom is -0.316 e. The third-order valence-electron chi connectivity index (χ3n) is 5.69. The van der Waals surface area contributed by atoms with E-state index in [9.17, 15) is 0 Å². The molecule has 0 heterocycles. The van der Waals surface area contributed by atoms with E-state index in [4.69, 9.17) is 0 Å². The summed E-state index contributed by atoms with van der Waals surface area (Å²) in [4.78, 5) is 2.62. The van der Waals surface area contributed by atoms with E-state index in [-0.39, 0.29) is 0 Å². The Hall–Kier alpha value is -0.0800. The van der Waals surface area contributed by atoms with Gasteiger partial charge in [0.05, 0.1) is 0 Å². The maximum atomic E-state index is 3.77. The maximum Gasteiger partial charge on any atom is 0.0147 e. The van der Waals surface area contributed by atoms with Crippen LogP contribution in [0.25, 0.3) is 0 Å². The van der Waals surface area contributed by atoms with Gasteiger partial charge in [0.1, 0.15) is 0 Å². The van der Waals surface area contributed by atoms with Crippen molar-refractivity contribution >= 4 is 0 Å². The lowest BCUT2D eigenvalue weighted by atomic mass is 9.78. The fourth-order valence-corrected chi connectivity index (χ4v) is 3.48. The van der Waals surface area contributed by atoms with Crippen molar-refractivity contribution in [2.45, 2.75) is 85.1 Å². The molecule has 0 aromatic carbocycles. The third-order valence-corrected chi connectivity index (χ3v) is 5.69. The van der Waals surface area contributed by atoms with Crippen LogP contribution in [0.4, 0.5) is 0 Å². The smallest absolute Gasteiger partial charge is 0.0147 e. The van der Waals surface area contributed by atoms with E-state index < -0.39 is 0 Å². The van der Waals surface area contributed by atoms with Crippen molar-refractivity contribution in [2.24, 2.45) is 11.3 Å². The molecule has 0 aromatic rings. The Kier molecular flexibility index (Phi) is 7.70. The molecule has 2 nitrogen and oxygen atoms in total. The molecule has 1 aliphatic rings. The molecule has 0 spiro atoms. The lowest BCUT2D eigenvalue weighted by Crippen LogP contribution is -2.50. The number of nitrogens with zero attached hydrogens (tertiary/aromatic N) is 1. The summed E-state index contributed by atoms with van der Waals surface area (Å²) in [6.45, 7) is 15.3. The van der Waals surface area contributed by atoms with E-state index in [1.807, 2.05) is 0 Å². The Labute approximate surface area is 134 Å². The van der Waals surface area contributed by atoms with Crippen molar-refractivity contribution in [3.8, 4) is 0 Å². The maximum absolute atomic E-state index is 3.77. The van der Waals surface area contributed by atoms with Crippen LogP contribution in [0.3, 0.4) is 0 Å². The number of hydrogen-bond donors (Lipinski definition) is 1. The molecule has 0 aromatic heterocycles. The SMILES string of the molecule is CCC(C)(C)N(C)CC1(CNCC(C)C)CCCCCC1. The van der Waals surface area contributed by atoms with Crippen molar-refractivity contribution in [3.63, 3.8) is 0 Å². The molecule has 0 atom stereocenters. The molecule has 1 aliphatic carbocycles. The molecule has 1 saturated carbocycles. The summed E-state index contributed by atoms with van der Waals surface area (Å²) >= 11 is 0. The van der Waals surface area contributed by atoms with E-state index >= 15 is 0 Å². The molecule has 0 bridgehead atoms. The molecule has 0 saturated heterocycles. The molecule has 1 rings (SSSR count). The average Bonchev–Trinajstić information content (AvgIpc) is 2.64. The van der Waals surface area contributed by atoms with Gasteiger partial charge in [-0.15, -0.1) is 0 Å². The fraction of sp³-hybridized carbons (Fsp3) is 1.00. The van der Waals surface area contributed by atoms with E-state index in [0.717, 1.165) is 12.5 Å². The van der Waals surface area contributed by atoms with Crippen LogP contribution in [0, 0.1) is 11.3 Å². The second kappa shape index (κ2) is 8.53. The van der Waals surface area contributed by atoms with Gasteiger partial charge >= 0.3 is 0 Å². The number of hydrogen-bond acceptors (Lipinski definition) is 2. The zero-order valence-electron chi connectivity index (χ0n) is 15.6. The monoisotopic (exact) mass is 296 g/mol. The Morgan fingerprint density at radius 3 is 2.14 bits per heavy atom. The minimum atomic E-state index is 0.317. The fourth-order valence-electron chi connectivity index (χ4n) is 3.48. The first-order valence-corrected chi connectivity index (χ1v) is 9.23. The molecule has 2 heteroatoms. The largest absolute Gasteiger partial charge is 0.316 e. The first kappa shape index (κ1) is 19.0. The van der Waals surface area contributed by atoms with E-state index in [0.29, 0.717) is 11.0 Å². The van der Waals surface area contributed by atoms with Crippen LogP contribution in [0.5, 0.6) is 0 Å². The van der Waals surface area contributed by atoms with Crippen molar-refractivity contribution in [1.29, 1.82) is 0 Å². The quantitative estimate of drug-likeness (QED) is 0.654. The van der Waals surface area contributed by atoms with Gasteiger partial charge in [0.2, 0.25) is 0 Å². The van der Waals surface area contributed by atoms with Gasteiger partial charge in [0.25, 0.3) is 0 Å². The molecule has 1 N–H and O–H groups in total. The molecular formula is C19H40N2. The van der Waals surface area contributed by atoms with Gasteiger partial charge in [0, 0.05) is 18.6 Å². The van der Waals surface area contributed by atoms with Crippen LogP contribution in [-0.4, -0.2) is 37.1 Å². The van der Waals surface area contributed by atoms with Crippen LogP contribution >= 0.6 is 0 Å². The second-order valence-electron chi connectivity index (χ2n) is 8.46. The highest BCUT2D eigenvalue weighted by atomic mass is 15.2. The highest BCUT2D eigenvalue weighted by Crippen LogP contribution is 2.37. The molecule has 0 aliphatic heterocycles. The predicted molar refractivity (Wildman–Crippen MR) is 94.8 cm³/mol. The van der Waals surface area contributed by atoms with Gasteiger partial charge in [-0.3, -0.25) is 0 Å². The van der Waals surface area contributed by atoms with Crippen molar-refractivity contribution in [3.05, 3.63) is 0 Å². The van der Waals surface area contributed by atoms with Crippen molar-refractivity contribution < 1.29 is 0 Å². The van der Waals surface area contributed by atoms with Crippen molar-refractivity contribution in [2.75, 3.05) is 26.7 Å². The first-order valence-electron chi connectivity index (χ1n) is 9.23. The summed E-state index contributed by atoms with van der Waals surface area (Å²) in [5, 5.41) is 3.77. The Morgan fingerprint density at radius 2 is 1.67 bits per heavy atom. The first-order chi connectivity index (χ1) is 9.81. The summed E-state index contributed by atoms with van der Waals surface area (Å²) in [5.74, 6) is 0.748. The highest BCUT2D eigenvalue weighted by molar-refractivity contribution is 4.90. The normalized spacial score (nSPS) is 20.0. The summed E-state index contributed by atoms with van der Waals surface area (Å²) in [5.41, 5.74) is 0.809. The summed E-state index contributed by atoms with van der Waals surface area (Å²) in [7, 11) is 2.33. The van der Waals surface area contributed by atoms with E-state index in [1.54, 1.807) is 0 Å². The zero-order valence-corrected chi connectivity index (χ0v) is 15.6. The lowest BCUT2D eigenvalue weighted by Gasteiger charge is -2.43. The summed E-state index contributed by atoms with van der Waals surface area (Å²) in [6, 6.07) is 0. The lowest BCUT2D eigenvalue weighted by molar-refractivity contribution is 0.0700. The van der Waals surface area contributed by atoms with Crippen LogP contribution in [0.1, 0.15) is 79.6 Å². The zero-order chi connectivity index (χ0) is 15.9. The highest BCUT2D eigenvalue weighted by Gasteiger charge is 2.35. The standard InChI is InChI=1S/C19H40N2/c1-7-18(4,5)21(6)16-19(15-20-14-17(2)3)12-10-8-9-11-13-19/h17,20H,7-16H2,1-6H3. The van der Waals surface area contributed by atoms with Crippen LogP contribution < -0.4 is 5.32 Å². The second-order valence-corrected chi connectivity index (χ2v) is 8.46.